The van der Waals surface area contributed by atoms with Crippen molar-refractivity contribution in [2.24, 2.45) is 0 Å². The number of hydrogen-bond donors (Lipinski definition) is 2. The third-order valence-corrected chi connectivity index (χ3v) is 4.57. The minimum Gasteiger partial charge on any atom is -0.384 e. The molecule has 1 fully saturated rings. The van der Waals surface area contributed by atoms with Crippen molar-refractivity contribution in [2.75, 3.05) is 18.9 Å². The summed E-state index contributed by atoms with van der Waals surface area (Å²) in [7, 11) is -3.53. The molecule has 0 saturated heterocycles. The molecule has 1 aromatic heterocycles. The average Bonchev–Trinajstić information content (AvgIpc) is 2.88. The van der Waals surface area contributed by atoms with Crippen LogP contribution in [0, 0.1) is 0 Å². The molecule has 106 valence electrons. The number of nitrogens with one attached hydrogen (secondary N) is 1. The molecule has 0 aromatic carbocycles. The van der Waals surface area contributed by atoms with E-state index in [1.165, 1.54) is 31.2 Å². The first kappa shape index (κ1) is 14.2. The minimum atomic E-state index is -3.53. The fraction of sp³-hybridized carbons (Fsp3) is 0.583. The van der Waals surface area contributed by atoms with Gasteiger partial charge < -0.3 is 10.5 Å². The van der Waals surface area contributed by atoms with Crippen LogP contribution in [0.25, 0.3) is 0 Å². The SMILES string of the molecule is Nc1cc(S(=O)(=O)NCCOC2CCCC2)ccn1. The Morgan fingerprint density at radius 1 is 1.42 bits per heavy atom. The van der Waals surface area contributed by atoms with E-state index in [4.69, 9.17) is 10.5 Å². The van der Waals surface area contributed by atoms with Crippen LogP contribution < -0.4 is 10.5 Å². The Kier molecular flexibility index (Phi) is 4.73. The number of aromatic nitrogens is 1. The fourth-order valence-electron chi connectivity index (χ4n) is 2.14. The van der Waals surface area contributed by atoms with Crippen LogP contribution in [0.5, 0.6) is 0 Å². The largest absolute Gasteiger partial charge is 0.384 e. The second-order valence-electron chi connectivity index (χ2n) is 4.59. The number of nitrogens with zero attached hydrogens (tertiary/aromatic N) is 1. The van der Waals surface area contributed by atoms with Gasteiger partial charge in [-0.2, -0.15) is 0 Å². The third-order valence-electron chi connectivity index (χ3n) is 3.11. The number of pyridine rings is 1. The molecule has 1 aliphatic carbocycles. The summed E-state index contributed by atoms with van der Waals surface area (Å²) in [5.74, 6) is 0.185. The molecule has 1 aromatic rings. The van der Waals surface area contributed by atoms with E-state index in [2.05, 4.69) is 9.71 Å². The summed E-state index contributed by atoms with van der Waals surface area (Å²) in [5.41, 5.74) is 5.46. The Hall–Kier alpha value is -1.18. The summed E-state index contributed by atoms with van der Waals surface area (Å²) in [6.45, 7) is 0.658. The molecule has 6 nitrogen and oxygen atoms in total. The van der Waals surface area contributed by atoms with Crippen molar-refractivity contribution in [3.63, 3.8) is 0 Å². The first-order valence-corrected chi connectivity index (χ1v) is 7.89. The van der Waals surface area contributed by atoms with E-state index >= 15 is 0 Å². The molecule has 0 spiro atoms. The van der Waals surface area contributed by atoms with Crippen molar-refractivity contribution < 1.29 is 13.2 Å². The van der Waals surface area contributed by atoms with Crippen molar-refractivity contribution in [2.45, 2.75) is 36.7 Å². The van der Waals surface area contributed by atoms with Crippen LogP contribution in [0.15, 0.2) is 23.2 Å². The average molecular weight is 285 g/mol. The highest BCUT2D eigenvalue weighted by molar-refractivity contribution is 7.89. The monoisotopic (exact) mass is 285 g/mol. The zero-order chi connectivity index (χ0) is 13.7. The second-order valence-corrected chi connectivity index (χ2v) is 6.36. The van der Waals surface area contributed by atoms with E-state index in [1.807, 2.05) is 0 Å². The molecule has 0 unspecified atom stereocenters. The van der Waals surface area contributed by atoms with Gasteiger partial charge in [0.25, 0.3) is 0 Å². The van der Waals surface area contributed by atoms with E-state index in [9.17, 15) is 8.42 Å². The summed E-state index contributed by atoms with van der Waals surface area (Å²) in [6, 6.07) is 2.75. The minimum absolute atomic E-state index is 0.126. The number of nitrogen functional groups attached to an aromatic ring is 1. The molecule has 1 saturated carbocycles. The van der Waals surface area contributed by atoms with Gasteiger partial charge in [-0.25, -0.2) is 18.1 Å². The van der Waals surface area contributed by atoms with Crippen LogP contribution in [0.3, 0.4) is 0 Å². The highest BCUT2D eigenvalue weighted by Crippen LogP contribution is 2.20. The molecule has 19 heavy (non-hydrogen) atoms. The topological polar surface area (TPSA) is 94.3 Å². The quantitative estimate of drug-likeness (QED) is 0.757. The summed E-state index contributed by atoms with van der Waals surface area (Å²) in [6.07, 6.45) is 6.22. The smallest absolute Gasteiger partial charge is 0.240 e. The van der Waals surface area contributed by atoms with E-state index in [0.717, 1.165) is 12.8 Å². The number of rotatable bonds is 6. The zero-order valence-electron chi connectivity index (χ0n) is 10.7. The molecular formula is C12H19N3O3S. The molecule has 0 radical (unpaired) electrons. The van der Waals surface area contributed by atoms with Crippen molar-refractivity contribution in [3.05, 3.63) is 18.3 Å². The molecule has 3 N–H and O–H groups in total. The Balaban J connectivity index is 1.80. The van der Waals surface area contributed by atoms with Crippen molar-refractivity contribution in [1.82, 2.24) is 9.71 Å². The van der Waals surface area contributed by atoms with E-state index in [-0.39, 0.29) is 17.3 Å². The van der Waals surface area contributed by atoms with Crippen molar-refractivity contribution in [1.29, 1.82) is 0 Å². The summed E-state index contributed by atoms with van der Waals surface area (Å²) in [5, 5.41) is 0. The third kappa shape index (κ3) is 4.15. The highest BCUT2D eigenvalue weighted by atomic mass is 32.2. The molecule has 7 heteroatoms. The van der Waals surface area contributed by atoms with Crippen LogP contribution >= 0.6 is 0 Å². The van der Waals surface area contributed by atoms with Gasteiger partial charge in [0, 0.05) is 18.8 Å². The van der Waals surface area contributed by atoms with Crippen molar-refractivity contribution in [3.8, 4) is 0 Å². The number of hydrogen-bond acceptors (Lipinski definition) is 5. The van der Waals surface area contributed by atoms with Crippen LogP contribution in [0.1, 0.15) is 25.7 Å². The molecule has 1 aliphatic rings. The lowest BCUT2D eigenvalue weighted by atomic mass is 10.3. The number of ether oxygens (including phenoxy) is 1. The van der Waals surface area contributed by atoms with Gasteiger partial charge in [-0.05, 0) is 18.9 Å². The van der Waals surface area contributed by atoms with E-state index in [0.29, 0.717) is 12.7 Å². The van der Waals surface area contributed by atoms with Crippen LogP contribution in [-0.4, -0.2) is 32.7 Å². The predicted molar refractivity (Wildman–Crippen MR) is 72.0 cm³/mol. The Morgan fingerprint density at radius 3 is 2.84 bits per heavy atom. The first-order chi connectivity index (χ1) is 9.08. The lowest BCUT2D eigenvalue weighted by molar-refractivity contribution is 0.0626. The van der Waals surface area contributed by atoms with Crippen LogP contribution in [0.4, 0.5) is 5.82 Å². The number of anilines is 1. The number of sulfonamides is 1. The van der Waals surface area contributed by atoms with Gasteiger partial charge >= 0.3 is 0 Å². The number of nitrogens with two attached hydrogens (primary N) is 1. The van der Waals surface area contributed by atoms with E-state index < -0.39 is 10.0 Å². The van der Waals surface area contributed by atoms with Gasteiger partial charge in [-0.3, -0.25) is 0 Å². The first-order valence-electron chi connectivity index (χ1n) is 6.41. The molecule has 0 aliphatic heterocycles. The molecule has 0 atom stereocenters. The maximum Gasteiger partial charge on any atom is 0.240 e. The molecular weight excluding hydrogens is 266 g/mol. The van der Waals surface area contributed by atoms with Crippen LogP contribution in [-0.2, 0) is 14.8 Å². The summed E-state index contributed by atoms with van der Waals surface area (Å²) < 4.78 is 31.9. The maximum absolute atomic E-state index is 11.9. The second kappa shape index (κ2) is 6.31. The molecule has 0 amide bonds. The molecule has 0 bridgehead atoms. The molecule has 1 heterocycles. The van der Waals surface area contributed by atoms with Crippen molar-refractivity contribution >= 4 is 15.8 Å². The Bertz CT molecular complexity index is 513. The lowest BCUT2D eigenvalue weighted by Crippen LogP contribution is -2.28. The van der Waals surface area contributed by atoms with Gasteiger partial charge in [0.05, 0.1) is 17.6 Å². The maximum atomic E-state index is 11.9. The Morgan fingerprint density at radius 2 is 2.16 bits per heavy atom. The van der Waals surface area contributed by atoms with Gasteiger partial charge in [0.15, 0.2) is 0 Å². The van der Waals surface area contributed by atoms with Crippen LogP contribution in [0.2, 0.25) is 0 Å². The normalized spacial score (nSPS) is 16.8. The van der Waals surface area contributed by atoms with E-state index in [1.54, 1.807) is 0 Å². The summed E-state index contributed by atoms with van der Waals surface area (Å²) >= 11 is 0. The van der Waals surface area contributed by atoms with Gasteiger partial charge in [0.1, 0.15) is 5.82 Å². The molecule has 2 rings (SSSR count). The fourth-order valence-corrected chi connectivity index (χ4v) is 3.17. The van der Waals surface area contributed by atoms with Gasteiger partial charge in [0.2, 0.25) is 10.0 Å². The van der Waals surface area contributed by atoms with Gasteiger partial charge in [-0.15, -0.1) is 0 Å². The van der Waals surface area contributed by atoms with Gasteiger partial charge in [-0.1, -0.05) is 12.8 Å². The standard InChI is InChI=1S/C12H19N3O3S/c13-12-9-11(5-6-14-12)19(16,17)15-7-8-18-10-3-1-2-4-10/h5-6,9-10,15H,1-4,7-8H2,(H2,13,14). The highest BCUT2D eigenvalue weighted by Gasteiger charge is 2.16. The predicted octanol–water partition coefficient (Wildman–Crippen LogP) is 0.901. The Labute approximate surface area is 113 Å². The lowest BCUT2D eigenvalue weighted by Gasteiger charge is -2.11. The summed E-state index contributed by atoms with van der Waals surface area (Å²) in [4.78, 5) is 3.89. The zero-order valence-corrected chi connectivity index (χ0v) is 11.5.